The van der Waals surface area contributed by atoms with E-state index in [9.17, 15) is 0 Å². The third-order valence-corrected chi connectivity index (χ3v) is 2.89. The fourth-order valence-electron chi connectivity index (χ4n) is 1.55. The molecule has 0 radical (unpaired) electrons. The zero-order chi connectivity index (χ0) is 16.5. The Hall–Kier alpha value is -2.89. The first kappa shape index (κ1) is 17.2. The molecule has 1 aromatic heterocycles. The summed E-state index contributed by atoms with van der Waals surface area (Å²) in [5, 5.41) is 18.1. The summed E-state index contributed by atoms with van der Waals surface area (Å²) in [5.74, 6) is -3.65. The van der Waals surface area contributed by atoms with Crippen LogP contribution >= 0.6 is 0 Å². The lowest BCUT2D eigenvalue weighted by atomic mass is 10.1. The van der Waals surface area contributed by atoms with Crippen molar-refractivity contribution in [2.45, 2.75) is 20.4 Å². The Labute approximate surface area is 128 Å². The molecule has 0 saturated heterocycles. The second-order valence-electron chi connectivity index (χ2n) is 4.58. The van der Waals surface area contributed by atoms with E-state index in [0.29, 0.717) is 0 Å². The van der Waals surface area contributed by atoms with Crippen LogP contribution in [0.2, 0.25) is 0 Å². The Kier molecular flexibility index (Phi) is 6.56. The number of rotatable bonds is 3. The SMILES string of the molecule is Cc1ccc(NCc2ccccn2)cc1C.O=C(O)C(=O)O. The Morgan fingerprint density at radius 2 is 1.73 bits per heavy atom. The van der Waals surface area contributed by atoms with Crippen molar-refractivity contribution in [2.24, 2.45) is 0 Å². The number of carboxylic acid groups (broad SMARTS) is 2. The monoisotopic (exact) mass is 302 g/mol. The van der Waals surface area contributed by atoms with E-state index in [1.165, 1.54) is 11.1 Å². The van der Waals surface area contributed by atoms with Crippen LogP contribution in [0.15, 0.2) is 42.6 Å². The second-order valence-corrected chi connectivity index (χ2v) is 4.58. The minimum atomic E-state index is -1.82. The molecule has 0 spiro atoms. The van der Waals surface area contributed by atoms with Gasteiger partial charge in [-0.2, -0.15) is 0 Å². The van der Waals surface area contributed by atoms with E-state index < -0.39 is 11.9 Å². The number of aliphatic carboxylic acids is 2. The van der Waals surface area contributed by atoms with Gasteiger partial charge in [-0.3, -0.25) is 4.98 Å². The number of pyridine rings is 1. The normalized spacial score (nSPS) is 9.36. The smallest absolute Gasteiger partial charge is 0.414 e. The quantitative estimate of drug-likeness (QED) is 0.753. The van der Waals surface area contributed by atoms with Gasteiger partial charge in [-0.1, -0.05) is 12.1 Å². The van der Waals surface area contributed by atoms with Gasteiger partial charge in [0.25, 0.3) is 0 Å². The number of nitrogens with zero attached hydrogens (tertiary/aromatic N) is 1. The van der Waals surface area contributed by atoms with Crippen LogP contribution in [0, 0.1) is 13.8 Å². The van der Waals surface area contributed by atoms with Crippen molar-refractivity contribution < 1.29 is 19.8 Å². The van der Waals surface area contributed by atoms with Gasteiger partial charge in [-0.05, 0) is 49.2 Å². The average Bonchev–Trinajstić information content (AvgIpc) is 2.50. The van der Waals surface area contributed by atoms with E-state index in [-0.39, 0.29) is 0 Å². The fourth-order valence-corrected chi connectivity index (χ4v) is 1.55. The van der Waals surface area contributed by atoms with Gasteiger partial charge in [-0.15, -0.1) is 0 Å². The van der Waals surface area contributed by atoms with Crippen LogP contribution in [-0.2, 0) is 16.1 Å². The number of hydrogen-bond acceptors (Lipinski definition) is 4. The highest BCUT2D eigenvalue weighted by atomic mass is 16.4. The number of hydrogen-bond donors (Lipinski definition) is 3. The van der Waals surface area contributed by atoms with Crippen molar-refractivity contribution >= 4 is 17.6 Å². The molecule has 1 aromatic carbocycles. The highest BCUT2D eigenvalue weighted by Crippen LogP contribution is 2.14. The van der Waals surface area contributed by atoms with Crippen LogP contribution < -0.4 is 5.32 Å². The molecular formula is C16H18N2O4. The summed E-state index contributed by atoms with van der Waals surface area (Å²) in [7, 11) is 0. The third kappa shape index (κ3) is 6.04. The lowest BCUT2D eigenvalue weighted by Crippen LogP contribution is -2.09. The molecule has 0 aliphatic rings. The second kappa shape index (κ2) is 8.41. The van der Waals surface area contributed by atoms with Gasteiger partial charge in [0.15, 0.2) is 0 Å². The number of anilines is 1. The summed E-state index contributed by atoms with van der Waals surface area (Å²) in [6.07, 6.45) is 1.82. The van der Waals surface area contributed by atoms with E-state index in [4.69, 9.17) is 19.8 Å². The number of aryl methyl sites for hydroxylation is 2. The molecule has 22 heavy (non-hydrogen) atoms. The van der Waals surface area contributed by atoms with Gasteiger partial charge in [0.1, 0.15) is 0 Å². The van der Waals surface area contributed by atoms with Crippen LogP contribution in [0.3, 0.4) is 0 Å². The summed E-state index contributed by atoms with van der Waals surface area (Å²) < 4.78 is 0. The Bertz CT molecular complexity index is 630. The number of carbonyl (C=O) groups is 2. The first-order valence-electron chi connectivity index (χ1n) is 6.57. The molecular weight excluding hydrogens is 284 g/mol. The summed E-state index contributed by atoms with van der Waals surface area (Å²) in [5.41, 5.74) is 4.84. The largest absolute Gasteiger partial charge is 0.473 e. The first-order valence-corrected chi connectivity index (χ1v) is 6.57. The van der Waals surface area contributed by atoms with Crippen molar-refractivity contribution in [3.63, 3.8) is 0 Å². The zero-order valence-electron chi connectivity index (χ0n) is 12.4. The minimum Gasteiger partial charge on any atom is -0.473 e. The van der Waals surface area contributed by atoms with Crippen molar-refractivity contribution in [3.8, 4) is 0 Å². The van der Waals surface area contributed by atoms with Crippen LogP contribution in [0.25, 0.3) is 0 Å². The van der Waals surface area contributed by atoms with Crippen molar-refractivity contribution in [3.05, 3.63) is 59.4 Å². The maximum Gasteiger partial charge on any atom is 0.414 e. The molecule has 2 rings (SSSR count). The molecule has 2 aromatic rings. The number of carboxylic acids is 2. The number of nitrogens with one attached hydrogen (secondary N) is 1. The van der Waals surface area contributed by atoms with Crippen molar-refractivity contribution in [2.75, 3.05) is 5.32 Å². The summed E-state index contributed by atoms with van der Waals surface area (Å²) in [6.45, 7) is 5.02. The molecule has 0 atom stereocenters. The molecule has 0 aliphatic carbocycles. The van der Waals surface area contributed by atoms with Gasteiger partial charge >= 0.3 is 11.9 Å². The standard InChI is InChI=1S/C14H16N2.C2H2O4/c1-11-6-7-13(9-12(11)2)16-10-14-5-3-4-8-15-14;3-1(4)2(5)6/h3-9,16H,10H2,1-2H3;(H,3,4)(H,5,6). The molecule has 0 bridgehead atoms. The molecule has 116 valence electrons. The van der Waals surface area contributed by atoms with Crippen molar-refractivity contribution in [1.29, 1.82) is 0 Å². The van der Waals surface area contributed by atoms with E-state index in [2.05, 4.69) is 42.3 Å². The molecule has 0 amide bonds. The molecule has 6 heteroatoms. The Morgan fingerprint density at radius 3 is 2.23 bits per heavy atom. The molecule has 0 unspecified atom stereocenters. The molecule has 6 nitrogen and oxygen atoms in total. The molecule has 0 fully saturated rings. The van der Waals surface area contributed by atoms with Gasteiger partial charge in [0.05, 0.1) is 12.2 Å². The highest BCUT2D eigenvalue weighted by molar-refractivity contribution is 6.27. The Morgan fingerprint density at radius 1 is 1.05 bits per heavy atom. The summed E-state index contributed by atoms with van der Waals surface area (Å²) in [4.78, 5) is 22.5. The number of aromatic nitrogens is 1. The van der Waals surface area contributed by atoms with E-state index >= 15 is 0 Å². The van der Waals surface area contributed by atoms with Gasteiger partial charge in [-0.25, -0.2) is 9.59 Å². The van der Waals surface area contributed by atoms with Crippen molar-refractivity contribution in [1.82, 2.24) is 4.98 Å². The highest BCUT2D eigenvalue weighted by Gasteiger charge is 2.04. The van der Waals surface area contributed by atoms with E-state index in [1.807, 2.05) is 24.4 Å². The van der Waals surface area contributed by atoms with Crippen LogP contribution in [0.5, 0.6) is 0 Å². The topological polar surface area (TPSA) is 99.5 Å². The fraction of sp³-hybridized carbons (Fsp3) is 0.188. The predicted octanol–water partition coefficient (Wildman–Crippen LogP) is 2.47. The predicted molar refractivity (Wildman–Crippen MR) is 82.8 cm³/mol. The average molecular weight is 302 g/mol. The van der Waals surface area contributed by atoms with Crippen LogP contribution in [0.1, 0.15) is 16.8 Å². The van der Waals surface area contributed by atoms with Crippen LogP contribution in [0.4, 0.5) is 5.69 Å². The van der Waals surface area contributed by atoms with Crippen LogP contribution in [-0.4, -0.2) is 27.1 Å². The third-order valence-electron chi connectivity index (χ3n) is 2.89. The summed E-state index contributed by atoms with van der Waals surface area (Å²) in [6, 6.07) is 12.4. The van der Waals surface area contributed by atoms with E-state index in [0.717, 1.165) is 17.9 Å². The maximum absolute atomic E-state index is 9.10. The number of benzene rings is 1. The summed E-state index contributed by atoms with van der Waals surface area (Å²) >= 11 is 0. The van der Waals surface area contributed by atoms with Gasteiger partial charge < -0.3 is 15.5 Å². The zero-order valence-corrected chi connectivity index (χ0v) is 12.4. The van der Waals surface area contributed by atoms with Gasteiger partial charge in [0, 0.05) is 11.9 Å². The minimum absolute atomic E-state index is 0.767. The molecule has 0 saturated carbocycles. The Balaban J connectivity index is 0.000000346. The first-order chi connectivity index (χ1) is 10.4. The van der Waals surface area contributed by atoms with E-state index in [1.54, 1.807) is 0 Å². The lowest BCUT2D eigenvalue weighted by Gasteiger charge is -2.08. The van der Waals surface area contributed by atoms with Gasteiger partial charge in [0.2, 0.25) is 0 Å². The maximum atomic E-state index is 9.10. The lowest BCUT2D eigenvalue weighted by molar-refractivity contribution is -0.159. The molecule has 1 heterocycles. The molecule has 0 aliphatic heterocycles. The molecule has 3 N–H and O–H groups in total.